The van der Waals surface area contributed by atoms with Crippen molar-refractivity contribution in [3.63, 3.8) is 0 Å². The number of carbonyl (C=O) groups is 1. The molecule has 2 aliphatic rings. The van der Waals surface area contributed by atoms with E-state index in [9.17, 15) is 29.5 Å². The third kappa shape index (κ3) is 4.22. The summed E-state index contributed by atoms with van der Waals surface area (Å²) in [4.78, 5) is 9.96. The number of nitrogens with two attached hydrogens (primary N) is 1. The van der Waals surface area contributed by atoms with E-state index in [1.807, 2.05) is 6.07 Å². The monoisotopic (exact) mass is 529 g/mol. The Morgan fingerprint density at radius 3 is 2.21 bits per heavy atom. The molecule has 0 atom stereocenters. The van der Waals surface area contributed by atoms with Gasteiger partial charge >= 0.3 is 10.2 Å². The first kappa shape index (κ1) is 23.9. The first-order chi connectivity index (χ1) is 15.1. The zero-order chi connectivity index (χ0) is 24.5. The normalized spacial score (nSPS) is 19.7. The number of anilines is 1. The Morgan fingerprint density at radius 1 is 1.24 bits per heavy atom. The third-order valence-corrected chi connectivity index (χ3v) is 7.82. The maximum absolute atomic E-state index is 13.3. The fourth-order valence-corrected chi connectivity index (χ4v) is 5.38. The molecule has 0 radical (unpaired) electrons. The van der Waals surface area contributed by atoms with E-state index in [0.717, 1.165) is 23.9 Å². The van der Waals surface area contributed by atoms with Crippen LogP contribution in [0.25, 0.3) is 5.69 Å². The second kappa shape index (κ2) is 6.90. The van der Waals surface area contributed by atoms with E-state index in [1.165, 1.54) is 0 Å². The van der Waals surface area contributed by atoms with Crippen molar-refractivity contribution >= 4 is 45.2 Å². The standard InChI is InChI=1S/C19H18Cl2F5N5OS/c20-12-6-11(33(22,23,24,25)26)7-13(21)16(12)31-17(29-9-10-2-1-3-10)15(14(8-27)30-31)19(4-5-19)18(28)32/h6-7,10,29H,1-5,9H2,(H2,28,32). The summed E-state index contributed by atoms with van der Waals surface area (Å²) in [7, 11) is -10.1. The van der Waals surface area contributed by atoms with Crippen LogP contribution in [-0.2, 0) is 10.2 Å². The van der Waals surface area contributed by atoms with E-state index in [2.05, 4.69) is 10.4 Å². The lowest BCUT2D eigenvalue weighted by Gasteiger charge is -2.40. The summed E-state index contributed by atoms with van der Waals surface area (Å²) >= 11 is 12.0. The zero-order valence-electron chi connectivity index (χ0n) is 16.9. The highest BCUT2D eigenvalue weighted by Gasteiger charge is 2.65. The van der Waals surface area contributed by atoms with Crippen molar-refractivity contribution in [1.29, 1.82) is 5.26 Å². The summed E-state index contributed by atoms with van der Waals surface area (Å²) in [5.74, 6) is -0.255. The molecule has 0 saturated heterocycles. The molecule has 0 bridgehead atoms. The lowest BCUT2D eigenvalue weighted by atomic mass is 9.85. The molecule has 2 saturated carbocycles. The van der Waals surface area contributed by atoms with Gasteiger partial charge in [0.25, 0.3) is 0 Å². The summed E-state index contributed by atoms with van der Waals surface area (Å²) in [5, 5.41) is 15.4. The van der Waals surface area contributed by atoms with E-state index < -0.39 is 36.5 Å². The Morgan fingerprint density at radius 2 is 1.82 bits per heavy atom. The fraction of sp³-hybridized carbons (Fsp3) is 0.421. The van der Waals surface area contributed by atoms with Crippen LogP contribution in [-0.4, -0.2) is 22.2 Å². The largest absolute Gasteiger partial charge is 0.369 e. The molecule has 14 heteroatoms. The Hall–Kier alpha value is -2.23. The molecule has 2 aromatic rings. The molecule has 1 aromatic carbocycles. The molecule has 2 aliphatic carbocycles. The topological polar surface area (TPSA) is 96.7 Å². The predicted molar refractivity (Wildman–Crippen MR) is 116 cm³/mol. The van der Waals surface area contributed by atoms with Crippen molar-refractivity contribution < 1.29 is 24.2 Å². The third-order valence-electron chi connectivity index (χ3n) is 6.12. The highest BCUT2D eigenvalue weighted by Crippen LogP contribution is 3.02. The van der Waals surface area contributed by atoms with Gasteiger partial charge in [-0.25, -0.2) is 4.68 Å². The quantitative estimate of drug-likeness (QED) is 0.403. The minimum absolute atomic E-state index is 0.0778. The van der Waals surface area contributed by atoms with Gasteiger partial charge in [-0.05, 0) is 43.7 Å². The van der Waals surface area contributed by atoms with Gasteiger partial charge in [0.1, 0.15) is 22.5 Å². The van der Waals surface area contributed by atoms with Gasteiger partial charge in [0, 0.05) is 12.1 Å². The van der Waals surface area contributed by atoms with Crippen LogP contribution in [0.4, 0.5) is 25.2 Å². The number of carbonyl (C=O) groups excluding carboxylic acids is 1. The number of nitrogens with one attached hydrogen (secondary N) is 1. The van der Waals surface area contributed by atoms with Gasteiger partial charge in [-0.15, -0.1) is 0 Å². The molecule has 3 N–H and O–H groups in total. The summed E-state index contributed by atoms with van der Waals surface area (Å²) in [5.41, 5.74) is 4.09. The smallest absolute Gasteiger partial charge is 0.310 e. The van der Waals surface area contributed by atoms with Crippen LogP contribution in [0.15, 0.2) is 17.0 Å². The number of nitrogens with zero attached hydrogens (tertiary/aromatic N) is 3. The van der Waals surface area contributed by atoms with Crippen molar-refractivity contribution in [2.24, 2.45) is 11.7 Å². The van der Waals surface area contributed by atoms with E-state index >= 15 is 0 Å². The van der Waals surface area contributed by atoms with Crippen LogP contribution < -0.4 is 11.1 Å². The minimum atomic E-state index is -10.1. The summed E-state index contributed by atoms with van der Waals surface area (Å²) in [6.45, 7) is 0.428. The zero-order valence-corrected chi connectivity index (χ0v) is 19.2. The number of rotatable bonds is 7. The lowest BCUT2D eigenvalue weighted by molar-refractivity contribution is -0.120. The number of nitriles is 1. The molecule has 1 heterocycles. The van der Waals surface area contributed by atoms with Crippen molar-refractivity contribution in [2.45, 2.75) is 42.4 Å². The SMILES string of the molecule is N#Cc1nn(-c2c(Cl)cc(S(F)(F)(F)(F)F)cc2Cl)c(NCC2CCC2)c1C1(C(N)=O)CC1. The van der Waals surface area contributed by atoms with Crippen molar-refractivity contribution in [2.75, 3.05) is 11.9 Å². The van der Waals surface area contributed by atoms with Gasteiger partial charge in [-0.3, -0.25) is 4.79 Å². The van der Waals surface area contributed by atoms with Gasteiger partial charge in [0.05, 0.1) is 15.5 Å². The molecule has 1 aromatic heterocycles. The second-order valence-corrected chi connectivity index (χ2v) is 11.6. The maximum Gasteiger partial charge on any atom is 0.310 e. The first-order valence-electron chi connectivity index (χ1n) is 9.88. The molecule has 0 spiro atoms. The number of hydrogen-bond donors (Lipinski definition) is 2. The molecule has 2 fully saturated rings. The average Bonchev–Trinajstić information content (AvgIpc) is 3.36. The number of amides is 1. The Balaban J connectivity index is 1.92. The van der Waals surface area contributed by atoms with E-state index in [4.69, 9.17) is 28.9 Å². The summed E-state index contributed by atoms with van der Waals surface area (Å²) < 4.78 is 67.5. The number of aromatic nitrogens is 2. The molecule has 4 rings (SSSR count). The van der Waals surface area contributed by atoms with Gasteiger partial charge in [0.2, 0.25) is 5.91 Å². The number of halogens is 7. The molecule has 0 unspecified atom stereocenters. The first-order valence-corrected chi connectivity index (χ1v) is 12.6. The van der Waals surface area contributed by atoms with Crippen LogP contribution in [0, 0.1) is 17.2 Å². The van der Waals surface area contributed by atoms with Crippen molar-refractivity contribution in [3.05, 3.63) is 33.4 Å². The molecule has 1 amide bonds. The number of hydrogen-bond acceptors (Lipinski definition) is 4. The van der Waals surface area contributed by atoms with Crippen LogP contribution in [0.5, 0.6) is 0 Å². The van der Waals surface area contributed by atoms with E-state index in [1.54, 1.807) is 0 Å². The van der Waals surface area contributed by atoms with E-state index in [0.29, 0.717) is 25.3 Å². The summed E-state index contributed by atoms with van der Waals surface area (Å²) in [6.07, 6.45) is 3.64. The highest BCUT2D eigenvalue weighted by atomic mass is 35.5. The van der Waals surface area contributed by atoms with Crippen molar-refractivity contribution in [1.82, 2.24) is 9.78 Å². The number of benzene rings is 1. The van der Waals surface area contributed by atoms with Crippen LogP contribution in [0.2, 0.25) is 10.0 Å². The van der Waals surface area contributed by atoms with Crippen LogP contribution >= 0.6 is 33.4 Å². The van der Waals surface area contributed by atoms with Gasteiger partial charge in [-0.1, -0.05) is 49.1 Å². The Labute approximate surface area is 195 Å². The lowest BCUT2D eigenvalue weighted by Crippen LogP contribution is -2.30. The molecule has 0 aliphatic heterocycles. The Kier molecular flexibility index (Phi) is 5.00. The Bertz CT molecular complexity index is 1190. The minimum Gasteiger partial charge on any atom is -0.369 e. The van der Waals surface area contributed by atoms with Gasteiger partial charge in [0.15, 0.2) is 5.69 Å². The second-order valence-electron chi connectivity index (χ2n) is 8.42. The van der Waals surface area contributed by atoms with Crippen molar-refractivity contribution in [3.8, 4) is 11.8 Å². The molecular weight excluding hydrogens is 512 g/mol. The van der Waals surface area contributed by atoms with Gasteiger partial charge < -0.3 is 11.1 Å². The molecule has 33 heavy (non-hydrogen) atoms. The molecule has 6 nitrogen and oxygen atoms in total. The van der Waals surface area contributed by atoms with Crippen LogP contribution in [0.1, 0.15) is 43.4 Å². The fourth-order valence-electron chi connectivity index (χ4n) is 3.92. The average molecular weight is 530 g/mol. The maximum atomic E-state index is 13.3. The number of primary amides is 1. The summed E-state index contributed by atoms with van der Waals surface area (Å²) in [6, 6.07) is 2.02. The molecule has 180 valence electrons. The van der Waals surface area contributed by atoms with Gasteiger partial charge in [-0.2, -0.15) is 10.4 Å². The highest BCUT2D eigenvalue weighted by molar-refractivity contribution is 8.45. The molecular formula is C19H18Cl2F5N5OS. The van der Waals surface area contributed by atoms with Crippen LogP contribution in [0.3, 0.4) is 0 Å². The van der Waals surface area contributed by atoms with E-state index in [-0.39, 0.29) is 34.9 Å². The predicted octanol–water partition coefficient (Wildman–Crippen LogP) is 6.44.